The van der Waals surface area contributed by atoms with Gasteiger partial charge in [-0.2, -0.15) is 0 Å². The molecule has 1 N–H and O–H groups in total. The van der Waals surface area contributed by atoms with Crippen LogP contribution in [-0.4, -0.2) is 47.6 Å². The molecule has 1 spiro atoms. The Bertz CT molecular complexity index is 743. The number of hydrogen-bond acceptors (Lipinski definition) is 3. The quantitative estimate of drug-likeness (QED) is 0.823. The predicted octanol–water partition coefficient (Wildman–Crippen LogP) is 1.29. The molecule has 4 atom stereocenters. The Balaban J connectivity index is 1.33. The first-order valence-corrected chi connectivity index (χ1v) is 9.17. The van der Waals surface area contributed by atoms with Crippen molar-refractivity contribution in [2.24, 2.45) is 11.8 Å². The lowest BCUT2D eigenvalue weighted by Gasteiger charge is -2.23. The zero-order chi connectivity index (χ0) is 17.0. The Morgan fingerprint density at radius 2 is 2.08 bits per heavy atom. The molecule has 3 fully saturated rings. The number of nitrogens with zero attached hydrogens (tertiary/aromatic N) is 1. The fourth-order valence-electron chi connectivity index (χ4n) is 4.50. The van der Waals surface area contributed by atoms with Gasteiger partial charge in [-0.05, 0) is 24.8 Å². The molecule has 5 nitrogen and oxygen atoms in total. The fourth-order valence-corrected chi connectivity index (χ4v) is 4.50. The monoisotopic (exact) mass is 338 g/mol. The minimum absolute atomic E-state index is 0.0121. The van der Waals surface area contributed by atoms with E-state index in [0.717, 1.165) is 19.3 Å². The highest BCUT2D eigenvalue weighted by molar-refractivity contribution is 5.93. The van der Waals surface area contributed by atoms with Crippen molar-refractivity contribution in [3.63, 3.8) is 0 Å². The number of likely N-dealkylation sites (tertiary alicyclic amines) is 1. The van der Waals surface area contributed by atoms with E-state index in [2.05, 4.69) is 17.4 Å². The summed E-state index contributed by atoms with van der Waals surface area (Å²) in [6.07, 6.45) is 6.66. The van der Waals surface area contributed by atoms with Crippen molar-refractivity contribution in [3.8, 4) is 0 Å². The Morgan fingerprint density at radius 3 is 2.84 bits per heavy atom. The number of nitrogens with one attached hydrogen (secondary N) is 1. The van der Waals surface area contributed by atoms with E-state index >= 15 is 0 Å². The Morgan fingerprint density at radius 1 is 1.28 bits per heavy atom. The minimum atomic E-state index is -0.593. The van der Waals surface area contributed by atoms with Crippen LogP contribution in [0.1, 0.15) is 18.4 Å². The topological polar surface area (TPSA) is 58.6 Å². The lowest BCUT2D eigenvalue weighted by Crippen LogP contribution is -2.44. The highest BCUT2D eigenvalue weighted by atomic mass is 16.5. The van der Waals surface area contributed by atoms with E-state index in [0.29, 0.717) is 19.1 Å². The first-order valence-electron chi connectivity index (χ1n) is 9.17. The molecule has 3 aliphatic heterocycles. The van der Waals surface area contributed by atoms with Gasteiger partial charge in [-0.15, -0.1) is 0 Å². The molecule has 1 saturated carbocycles. The summed E-state index contributed by atoms with van der Waals surface area (Å²) >= 11 is 0. The van der Waals surface area contributed by atoms with E-state index < -0.39 is 5.60 Å². The number of carbonyl (C=O) groups excluding carboxylic acids is 2. The summed E-state index contributed by atoms with van der Waals surface area (Å²) in [6, 6.07) is 10.5. The Kier molecular flexibility index (Phi) is 3.29. The normalized spacial score (nSPS) is 35.3. The molecular weight excluding hydrogens is 316 g/mol. The zero-order valence-corrected chi connectivity index (χ0v) is 14.1. The van der Waals surface area contributed by atoms with Crippen LogP contribution in [0.15, 0.2) is 42.5 Å². The molecule has 3 heterocycles. The first-order chi connectivity index (χ1) is 12.2. The fraction of sp³-hybridized carbons (Fsp3) is 0.500. The molecule has 1 aromatic rings. The molecule has 5 rings (SSSR count). The molecule has 4 aliphatic rings. The smallest absolute Gasteiger partial charge is 0.230 e. The van der Waals surface area contributed by atoms with Gasteiger partial charge in [-0.25, -0.2) is 0 Å². The largest absolute Gasteiger partial charge is 0.360 e. The van der Waals surface area contributed by atoms with Crippen LogP contribution in [0, 0.1) is 11.8 Å². The maximum Gasteiger partial charge on any atom is 0.230 e. The number of amides is 2. The average Bonchev–Trinajstić information content (AvgIpc) is 3.16. The lowest BCUT2D eigenvalue weighted by molar-refractivity contribution is -0.137. The van der Waals surface area contributed by atoms with Gasteiger partial charge in [0.25, 0.3) is 0 Å². The highest BCUT2D eigenvalue weighted by Crippen LogP contribution is 2.52. The number of fused-ring (bicyclic) bond motifs is 1. The number of ether oxygens (including phenoxy) is 1. The summed E-state index contributed by atoms with van der Waals surface area (Å²) in [5.41, 5.74) is 0.623. The predicted molar refractivity (Wildman–Crippen MR) is 91.6 cm³/mol. The van der Waals surface area contributed by atoms with Crippen molar-refractivity contribution in [2.45, 2.75) is 37.0 Å². The SMILES string of the molecule is O=C(NC1CC1)[C@H]1[C@@H]2C=C[C@@]3(CN(CCc4ccccc4)C(=O)[C@@H]13)O2. The number of benzene rings is 1. The van der Waals surface area contributed by atoms with E-state index in [1.165, 1.54) is 5.56 Å². The van der Waals surface area contributed by atoms with Crippen LogP contribution >= 0.6 is 0 Å². The minimum Gasteiger partial charge on any atom is -0.360 e. The van der Waals surface area contributed by atoms with Crippen LogP contribution in [0.3, 0.4) is 0 Å². The molecule has 5 heteroatoms. The van der Waals surface area contributed by atoms with E-state index in [1.807, 2.05) is 35.3 Å². The Labute approximate surface area is 147 Å². The van der Waals surface area contributed by atoms with Crippen molar-refractivity contribution in [3.05, 3.63) is 48.0 Å². The summed E-state index contributed by atoms with van der Waals surface area (Å²) in [5, 5.41) is 3.06. The molecule has 25 heavy (non-hydrogen) atoms. The van der Waals surface area contributed by atoms with Crippen molar-refractivity contribution < 1.29 is 14.3 Å². The number of carbonyl (C=O) groups is 2. The van der Waals surface area contributed by atoms with E-state index in [9.17, 15) is 9.59 Å². The molecule has 0 radical (unpaired) electrons. The number of hydrogen-bond donors (Lipinski definition) is 1. The highest BCUT2D eigenvalue weighted by Gasteiger charge is 2.66. The van der Waals surface area contributed by atoms with E-state index in [-0.39, 0.29) is 29.8 Å². The summed E-state index contributed by atoms with van der Waals surface area (Å²) in [4.78, 5) is 27.6. The molecule has 0 aromatic heterocycles. The van der Waals surface area contributed by atoms with Gasteiger partial charge in [0.15, 0.2) is 0 Å². The third kappa shape index (κ3) is 2.41. The summed E-state index contributed by atoms with van der Waals surface area (Å²) < 4.78 is 6.14. The van der Waals surface area contributed by atoms with Crippen LogP contribution in [0.4, 0.5) is 0 Å². The molecule has 2 amide bonds. The second-order valence-corrected chi connectivity index (χ2v) is 7.68. The van der Waals surface area contributed by atoms with Gasteiger partial charge in [-0.3, -0.25) is 9.59 Å². The molecular formula is C20H22N2O3. The standard InChI is InChI=1S/C20H22N2O3/c23-18(21-14-6-7-14)16-15-8-10-20(25-15)12-22(19(24)17(16)20)11-9-13-4-2-1-3-5-13/h1-5,8,10,14-17H,6-7,9,11-12H2,(H,21,23)/t15-,16-,17+,20-/m0/s1. The van der Waals surface area contributed by atoms with Crippen molar-refractivity contribution >= 4 is 11.8 Å². The summed E-state index contributed by atoms with van der Waals surface area (Å²) in [7, 11) is 0. The maximum absolute atomic E-state index is 13.0. The van der Waals surface area contributed by atoms with Crippen molar-refractivity contribution in [2.75, 3.05) is 13.1 Å². The molecule has 1 aromatic carbocycles. The third-order valence-corrected chi connectivity index (χ3v) is 5.92. The van der Waals surface area contributed by atoms with Gasteiger partial charge in [-0.1, -0.05) is 42.5 Å². The second kappa shape index (κ2) is 5.43. The van der Waals surface area contributed by atoms with E-state index in [4.69, 9.17) is 4.74 Å². The van der Waals surface area contributed by atoms with Gasteiger partial charge in [0, 0.05) is 12.6 Å². The van der Waals surface area contributed by atoms with Crippen LogP contribution in [0.2, 0.25) is 0 Å². The maximum atomic E-state index is 13.0. The van der Waals surface area contributed by atoms with Gasteiger partial charge in [0.1, 0.15) is 5.60 Å². The molecule has 1 aliphatic carbocycles. The lowest BCUT2D eigenvalue weighted by atomic mass is 9.77. The van der Waals surface area contributed by atoms with Crippen LogP contribution < -0.4 is 5.32 Å². The zero-order valence-electron chi connectivity index (χ0n) is 14.1. The van der Waals surface area contributed by atoms with Crippen LogP contribution in [-0.2, 0) is 20.7 Å². The van der Waals surface area contributed by atoms with Gasteiger partial charge < -0.3 is 15.0 Å². The average molecular weight is 338 g/mol. The van der Waals surface area contributed by atoms with Gasteiger partial charge in [0.05, 0.1) is 24.5 Å². The Hall–Kier alpha value is -2.14. The van der Waals surface area contributed by atoms with Crippen molar-refractivity contribution in [1.29, 1.82) is 0 Å². The molecule has 0 unspecified atom stereocenters. The van der Waals surface area contributed by atoms with Crippen LogP contribution in [0.25, 0.3) is 0 Å². The van der Waals surface area contributed by atoms with Crippen molar-refractivity contribution in [1.82, 2.24) is 10.2 Å². The summed E-state index contributed by atoms with van der Waals surface area (Å²) in [6.45, 7) is 1.23. The third-order valence-electron chi connectivity index (χ3n) is 5.92. The first kappa shape index (κ1) is 15.1. The number of rotatable bonds is 5. The van der Waals surface area contributed by atoms with Gasteiger partial charge in [0.2, 0.25) is 11.8 Å². The van der Waals surface area contributed by atoms with Crippen LogP contribution in [0.5, 0.6) is 0 Å². The summed E-state index contributed by atoms with van der Waals surface area (Å²) in [5.74, 6) is -0.683. The van der Waals surface area contributed by atoms with Gasteiger partial charge >= 0.3 is 0 Å². The molecule has 2 bridgehead atoms. The second-order valence-electron chi connectivity index (χ2n) is 7.68. The molecule has 2 saturated heterocycles. The molecule has 130 valence electrons. The van der Waals surface area contributed by atoms with E-state index in [1.54, 1.807) is 0 Å².